The van der Waals surface area contributed by atoms with E-state index in [0.29, 0.717) is 5.69 Å². The molecule has 1 aromatic rings. The summed E-state index contributed by atoms with van der Waals surface area (Å²) in [5, 5.41) is 18.0. The molecule has 1 radical (unpaired) electrons. The Balaban J connectivity index is 0.00000289. The number of aliphatic hydroxyl groups excluding tert-OH is 1. The molecule has 1 unspecified atom stereocenters. The summed E-state index contributed by atoms with van der Waals surface area (Å²) in [6, 6.07) is 5.61. The van der Waals surface area contributed by atoms with Crippen LogP contribution < -0.4 is 4.90 Å². The van der Waals surface area contributed by atoms with Crippen LogP contribution in [0, 0.1) is 6.92 Å². The molecule has 0 aromatic heterocycles. The topological polar surface area (TPSA) is 77.8 Å². The van der Waals surface area contributed by atoms with Crippen molar-refractivity contribution in [3.8, 4) is 0 Å². The second-order valence-electron chi connectivity index (χ2n) is 3.76. The zero-order chi connectivity index (χ0) is 13.0. The van der Waals surface area contributed by atoms with Gasteiger partial charge in [0, 0.05) is 29.7 Å². The van der Waals surface area contributed by atoms with E-state index in [1.165, 1.54) is 6.92 Å². The number of aliphatic carboxylic acids is 1. The summed E-state index contributed by atoms with van der Waals surface area (Å²) in [5.41, 5.74) is 1.47. The number of benzene rings is 1. The van der Waals surface area contributed by atoms with Crippen molar-refractivity contribution in [1.29, 1.82) is 0 Å². The first kappa shape index (κ1) is 16.6. The fraction of sp³-hybridized carbons (Fsp3) is 0.333. The number of carboxylic acids is 1. The van der Waals surface area contributed by atoms with Gasteiger partial charge in [0.05, 0.1) is 6.61 Å². The average molecular weight is 301 g/mol. The third-order valence-corrected chi connectivity index (χ3v) is 2.42. The first-order chi connectivity index (χ1) is 7.97. The number of anilines is 1. The molecule has 0 aliphatic carbocycles. The van der Waals surface area contributed by atoms with Crippen molar-refractivity contribution in [2.75, 3.05) is 11.5 Å². The zero-order valence-electron chi connectivity index (χ0n) is 10.1. The maximum absolute atomic E-state index is 11.5. The number of nitrogens with zero attached hydrogens (tertiary/aromatic N) is 1. The molecule has 103 valence electrons. The van der Waals surface area contributed by atoms with Crippen LogP contribution in [0.25, 0.3) is 0 Å². The average Bonchev–Trinajstić information content (AvgIpc) is 2.26. The molecule has 0 fully saturated rings. The fourth-order valence-electron chi connectivity index (χ4n) is 1.56. The summed E-state index contributed by atoms with van der Waals surface area (Å²) in [6.07, 6.45) is 0. The Labute approximate surface area is 116 Å². The number of carbonyl (C=O) groups is 2. The maximum Gasteiger partial charge on any atom is 0.329 e. The van der Waals surface area contributed by atoms with Gasteiger partial charge in [-0.3, -0.25) is 9.69 Å². The van der Waals surface area contributed by atoms with Crippen molar-refractivity contribution in [2.45, 2.75) is 19.9 Å². The summed E-state index contributed by atoms with van der Waals surface area (Å²) in [7, 11) is 0. The standard InChI is InChI=1S/C12H15NO4.Cu/c1-8-3-5-10(6-4-8)13(9(2)15)11(7-14)12(16)17;/h3-6,11,14H,7H2,1-2H3,(H,16,17);. The molecule has 1 aromatic carbocycles. The van der Waals surface area contributed by atoms with Crippen molar-refractivity contribution < 1.29 is 36.9 Å². The summed E-state index contributed by atoms with van der Waals surface area (Å²) in [6.45, 7) is 2.54. The molecule has 0 aliphatic heterocycles. The maximum atomic E-state index is 11.5. The molecular weight excluding hydrogens is 286 g/mol. The predicted molar refractivity (Wildman–Crippen MR) is 62.8 cm³/mol. The Bertz CT molecular complexity index is 419. The third kappa shape index (κ3) is 3.84. The number of carbonyl (C=O) groups excluding carboxylic acids is 1. The second kappa shape index (κ2) is 7.16. The Morgan fingerprint density at radius 2 is 1.78 bits per heavy atom. The number of rotatable bonds is 4. The van der Waals surface area contributed by atoms with Gasteiger partial charge < -0.3 is 10.2 Å². The van der Waals surface area contributed by atoms with Gasteiger partial charge in [-0.1, -0.05) is 17.7 Å². The molecular formula is C12H15CuNO4. The molecule has 2 N–H and O–H groups in total. The van der Waals surface area contributed by atoms with Gasteiger partial charge >= 0.3 is 5.97 Å². The van der Waals surface area contributed by atoms with Gasteiger partial charge in [-0.15, -0.1) is 0 Å². The summed E-state index contributed by atoms with van der Waals surface area (Å²) in [4.78, 5) is 23.5. The summed E-state index contributed by atoms with van der Waals surface area (Å²) < 4.78 is 0. The van der Waals surface area contributed by atoms with Crippen LogP contribution in [-0.4, -0.2) is 34.7 Å². The molecule has 0 heterocycles. The molecule has 1 rings (SSSR count). The van der Waals surface area contributed by atoms with E-state index < -0.39 is 24.5 Å². The van der Waals surface area contributed by atoms with Gasteiger partial charge in [-0.05, 0) is 19.1 Å². The molecule has 0 saturated heterocycles. The van der Waals surface area contributed by atoms with Crippen LogP contribution in [0.1, 0.15) is 12.5 Å². The van der Waals surface area contributed by atoms with Crippen LogP contribution in [0.3, 0.4) is 0 Å². The number of aryl methyl sites for hydroxylation is 1. The van der Waals surface area contributed by atoms with Gasteiger partial charge in [0.1, 0.15) is 0 Å². The van der Waals surface area contributed by atoms with E-state index in [4.69, 9.17) is 10.2 Å². The largest absolute Gasteiger partial charge is 0.480 e. The SMILES string of the molecule is CC(=O)N(c1ccc(C)cc1)C(CO)C(=O)O.[Cu]. The van der Waals surface area contributed by atoms with Gasteiger partial charge in [-0.2, -0.15) is 0 Å². The van der Waals surface area contributed by atoms with E-state index >= 15 is 0 Å². The molecule has 0 aliphatic rings. The van der Waals surface area contributed by atoms with Crippen LogP contribution in [0.2, 0.25) is 0 Å². The van der Waals surface area contributed by atoms with Crippen LogP contribution in [0.15, 0.2) is 24.3 Å². The predicted octanol–water partition coefficient (Wildman–Crippen LogP) is 0.791. The first-order valence-corrected chi connectivity index (χ1v) is 5.17. The monoisotopic (exact) mass is 300 g/mol. The Kier molecular flexibility index (Phi) is 6.62. The molecule has 6 heteroatoms. The normalized spacial score (nSPS) is 11.3. The smallest absolute Gasteiger partial charge is 0.329 e. The van der Waals surface area contributed by atoms with E-state index in [2.05, 4.69) is 0 Å². The van der Waals surface area contributed by atoms with Crippen molar-refractivity contribution in [3.05, 3.63) is 29.8 Å². The minimum absolute atomic E-state index is 0. The van der Waals surface area contributed by atoms with E-state index in [1.807, 2.05) is 6.92 Å². The van der Waals surface area contributed by atoms with E-state index in [9.17, 15) is 9.59 Å². The molecule has 0 bridgehead atoms. The fourth-order valence-corrected chi connectivity index (χ4v) is 1.56. The minimum atomic E-state index is -1.25. The molecule has 18 heavy (non-hydrogen) atoms. The van der Waals surface area contributed by atoms with Crippen molar-refractivity contribution in [1.82, 2.24) is 0 Å². The number of carboxylic acid groups (broad SMARTS) is 1. The van der Waals surface area contributed by atoms with Gasteiger partial charge in [-0.25, -0.2) is 4.79 Å². The summed E-state index contributed by atoms with van der Waals surface area (Å²) >= 11 is 0. The van der Waals surface area contributed by atoms with Crippen LogP contribution in [0.5, 0.6) is 0 Å². The Hall–Kier alpha value is -1.36. The van der Waals surface area contributed by atoms with E-state index in [0.717, 1.165) is 10.5 Å². The van der Waals surface area contributed by atoms with E-state index in [-0.39, 0.29) is 17.1 Å². The molecule has 1 amide bonds. The quantitative estimate of drug-likeness (QED) is 0.806. The van der Waals surface area contributed by atoms with Crippen LogP contribution in [0.4, 0.5) is 5.69 Å². The molecule has 0 saturated carbocycles. The number of hydrogen-bond acceptors (Lipinski definition) is 3. The third-order valence-electron chi connectivity index (χ3n) is 2.42. The summed E-state index contributed by atoms with van der Waals surface area (Å²) in [5.74, 6) is -1.65. The van der Waals surface area contributed by atoms with Gasteiger partial charge in [0.15, 0.2) is 6.04 Å². The Morgan fingerprint density at radius 1 is 1.28 bits per heavy atom. The molecule has 0 spiro atoms. The minimum Gasteiger partial charge on any atom is -0.480 e. The van der Waals surface area contributed by atoms with Crippen molar-refractivity contribution in [3.63, 3.8) is 0 Å². The van der Waals surface area contributed by atoms with E-state index in [1.54, 1.807) is 24.3 Å². The number of amides is 1. The van der Waals surface area contributed by atoms with Crippen LogP contribution in [-0.2, 0) is 26.7 Å². The number of hydrogen-bond donors (Lipinski definition) is 2. The Morgan fingerprint density at radius 3 is 2.11 bits per heavy atom. The molecule has 5 nitrogen and oxygen atoms in total. The molecule has 1 atom stereocenters. The first-order valence-electron chi connectivity index (χ1n) is 5.17. The van der Waals surface area contributed by atoms with Crippen LogP contribution >= 0.6 is 0 Å². The zero-order valence-corrected chi connectivity index (χ0v) is 11.0. The van der Waals surface area contributed by atoms with Gasteiger partial charge in [0.2, 0.25) is 5.91 Å². The van der Waals surface area contributed by atoms with Crippen molar-refractivity contribution in [2.24, 2.45) is 0 Å². The van der Waals surface area contributed by atoms with Gasteiger partial charge in [0.25, 0.3) is 0 Å². The number of aliphatic hydroxyl groups is 1. The van der Waals surface area contributed by atoms with Crippen molar-refractivity contribution >= 4 is 17.6 Å². The second-order valence-corrected chi connectivity index (χ2v) is 3.76.